The number of amides is 1. The highest BCUT2D eigenvalue weighted by Crippen LogP contribution is 2.36. The largest absolute Gasteiger partial charge is 0.423 e. The normalized spacial score (nSPS) is 11.4. The van der Waals surface area contributed by atoms with Gasteiger partial charge in [0.05, 0.1) is 11.3 Å². The maximum absolute atomic E-state index is 13.1. The summed E-state index contributed by atoms with van der Waals surface area (Å²) in [6, 6.07) is 8.55. The lowest BCUT2D eigenvalue weighted by molar-refractivity contribution is -0.136. The van der Waals surface area contributed by atoms with Crippen LogP contribution in [-0.4, -0.2) is 6.09 Å². The fourth-order valence-electron chi connectivity index (χ4n) is 2.47. The number of nitrogens with one attached hydrogen (secondary N) is 1. The van der Waals surface area contributed by atoms with Crippen LogP contribution in [-0.2, 0) is 6.18 Å². The lowest BCUT2D eigenvalue weighted by Crippen LogP contribution is -2.20. The van der Waals surface area contributed by atoms with Crippen LogP contribution in [0.4, 0.5) is 23.7 Å². The van der Waals surface area contributed by atoms with Crippen molar-refractivity contribution in [3.63, 3.8) is 0 Å². The number of alkyl halides is 3. The number of rotatable bonds is 2. The van der Waals surface area contributed by atoms with Crippen LogP contribution < -0.4 is 15.7 Å². The predicted octanol–water partition coefficient (Wildman–Crippen LogP) is 5.38. The smallest absolute Gasteiger partial charge is 0.418 e. The van der Waals surface area contributed by atoms with Gasteiger partial charge >= 0.3 is 17.9 Å². The highest BCUT2D eigenvalue weighted by Gasteiger charge is 2.34. The molecule has 0 aliphatic heterocycles. The van der Waals surface area contributed by atoms with E-state index in [0.29, 0.717) is 17.0 Å². The molecule has 27 heavy (non-hydrogen) atoms. The van der Waals surface area contributed by atoms with E-state index in [9.17, 15) is 22.8 Å². The Kier molecular flexibility index (Phi) is 4.84. The number of carbonyl (C=O) groups excluding carboxylic acids is 1. The lowest BCUT2D eigenvalue weighted by atomic mass is 10.1. The zero-order valence-electron chi connectivity index (χ0n) is 13.7. The highest BCUT2D eigenvalue weighted by molar-refractivity contribution is 6.30. The van der Waals surface area contributed by atoms with Gasteiger partial charge in [0.1, 0.15) is 11.3 Å². The summed E-state index contributed by atoms with van der Waals surface area (Å²) in [5.41, 5.74) is -1.31. The molecule has 9 heteroatoms. The summed E-state index contributed by atoms with van der Waals surface area (Å²) in [6.45, 7) is 1.71. The first kappa shape index (κ1) is 18.8. The molecule has 0 unspecified atom stereocenters. The standard InChI is InChI=1S/C18H11ClF3NO4/c1-9-6-16(24)27-15-8-11(3-4-12(9)15)26-17(25)23-14-5-2-10(19)7-13(14)18(20,21)22/h2-8H,1H3,(H,23,25). The van der Waals surface area contributed by atoms with E-state index in [0.717, 1.165) is 6.07 Å². The summed E-state index contributed by atoms with van der Waals surface area (Å²) in [6.07, 6.45) is -5.85. The molecule has 0 bridgehead atoms. The summed E-state index contributed by atoms with van der Waals surface area (Å²) < 4.78 is 49.2. The number of ether oxygens (including phenoxy) is 1. The molecular formula is C18H11ClF3NO4. The Hall–Kier alpha value is -3.00. The molecule has 0 saturated heterocycles. The minimum atomic E-state index is -4.71. The molecule has 1 N–H and O–H groups in total. The van der Waals surface area contributed by atoms with Gasteiger partial charge in [-0.05, 0) is 42.8 Å². The Bertz CT molecular complexity index is 1090. The second-order valence-electron chi connectivity index (χ2n) is 5.61. The van der Waals surface area contributed by atoms with E-state index in [2.05, 4.69) is 0 Å². The number of aryl methyl sites for hydroxylation is 1. The van der Waals surface area contributed by atoms with E-state index in [1.807, 2.05) is 5.32 Å². The Morgan fingerprint density at radius 1 is 1.15 bits per heavy atom. The number of anilines is 1. The van der Waals surface area contributed by atoms with Crippen LogP contribution in [0.25, 0.3) is 11.0 Å². The van der Waals surface area contributed by atoms with E-state index < -0.39 is 29.1 Å². The van der Waals surface area contributed by atoms with E-state index in [4.69, 9.17) is 20.8 Å². The highest BCUT2D eigenvalue weighted by atomic mass is 35.5. The van der Waals surface area contributed by atoms with Gasteiger partial charge < -0.3 is 9.15 Å². The summed E-state index contributed by atoms with van der Waals surface area (Å²) in [5, 5.41) is 2.55. The summed E-state index contributed by atoms with van der Waals surface area (Å²) in [5.74, 6) is -0.00345. The van der Waals surface area contributed by atoms with Crippen molar-refractivity contribution in [3.05, 3.63) is 69.0 Å². The molecule has 3 rings (SSSR count). The second kappa shape index (κ2) is 6.96. The van der Waals surface area contributed by atoms with Crippen molar-refractivity contribution in [2.75, 3.05) is 5.32 Å². The molecule has 140 valence electrons. The van der Waals surface area contributed by atoms with Crippen LogP contribution in [0.1, 0.15) is 11.1 Å². The van der Waals surface area contributed by atoms with Crippen molar-refractivity contribution in [3.8, 4) is 5.75 Å². The molecule has 3 aromatic rings. The van der Waals surface area contributed by atoms with Crippen molar-refractivity contribution in [2.24, 2.45) is 0 Å². The third kappa shape index (κ3) is 4.22. The molecule has 0 atom stereocenters. The third-order valence-electron chi connectivity index (χ3n) is 3.66. The van der Waals surface area contributed by atoms with Gasteiger partial charge in [0, 0.05) is 22.5 Å². The molecule has 0 radical (unpaired) electrons. The second-order valence-corrected chi connectivity index (χ2v) is 6.05. The zero-order valence-corrected chi connectivity index (χ0v) is 14.4. The van der Waals surface area contributed by atoms with E-state index in [1.165, 1.54) is 24.3 Å². The van der Waals surface area contributed by atoms with Gasteiger partial charge in [0.2, 0.25) is 0 Å². The molecular weight excluding hydrogens is 387 g/mol. The van der Waals surface area contributed by atoms with Gasteiger partial charge in [0.15, 0.2) is 0 Å². The molecule has 5 nitrogen and oxygen atoms in total. The van der Waals surface area contributed by atoms with Gasteiger partial charge in [-0.3, -0.25) is 5.32 Å². The number of fused-ring (bicyclic) bond motifs is 1. The molecule has 0 spiro atoms. The SMILES string of the molecule is Cc1cc(=O)oc2cc(OC(=O)Nc3ccc(Cl)cc3C(F)(F)F)ccc12. The van der Waals surface area contributed by atoms with Crippen molar-refractivity contribution in [1.82, 2.24) is 0 Å². The number of benzene rings is 2. The Labute approximate surface area is 155 Å². The van der Waals surface area contributed by atoms with E-state index in [1.54, 1.807) is 13.0 Å². The van der Waals surface area contributed by atoms with Crippen LogP contribution in [0.2, 0.25) is 5.02 Å². The van der Waals surface area contributed by atoms with Crippen LogP contribution in [0.15, 0.2) is 51.7 Å². The average molecular weight is 398 g/mol. The summed E-state index contributed by atoms with van der Waals surface area (Å²) in [4.78, 5) is 23.4. The molecule has 1 aromatic heterocycles. The zero-order chi connectivity index (χ0) is 19.8. The first-order chi connectivity index (χ1) is 12.6. The minimum Gasteiger partial charge on any atom is -0.423 e. The number of carbonyl (C=O) groups is 1. The van der Waals surface area contributed by atoms with Gasteiger partial charge in [-0.1, -0.05) is 11.6 Å². The van der Waals surface area contributed by atoms with Crippen LogP contribution in [0, 0.1) is 6.92 Å². The maximum atomic E-state index is 13.1. The van der Waals surface area contributed by atoms with Gasteiger partial charge in [-0.15, -0.1) is 0 Å². The first-order valence-electron chi connectivity index (χ1n) is 7.53. The van der Waals surface area contributed by atoms with Gasteiger partial charge in [-0.2, -0.15) is 13.2 Å². The Morgan fingerprint density at radius 2 is 1.89 bits per heavy atom. The number of halogens is 4. The molecule has 0 fully saturated rings. The Morgan fingerprint density at radius 3 is 2.59 bits per heavy atom. The number of hydrogen-bond acceptors (Lipinski definition) is 4. The van der Waals surface area contributed by atoms with E-state index in [-0.39, 0.29) is 16.4 Å². The van der Waals surface area contributed by atoms with Crippen LogP contribution in [0.3, 0.4) is 0 Å². The molecule has 0 aliphatic rings. The molecule has 1 amide bonds. The summed E-state index contributed by atoms with van der Waals surface area (Å²) in [7, 11) is 0. The molecule has 0 aliphatic carbocycles. The van der Waals surface area contributed by atoms with Crippen molar-refractivity contribution >= 4 is 34.4 Å². The monoisotopic (exact) mass is 397 g/mol. The van der Waals surface area contributed by atoms with Crippen LogP contribution >= 0.6 is 11.6 Å². The third-order valence-corrected chi connectivity index (χ3v) is 3.89. The fraction of sp³-hybridized carbons (Fsp3) is 0.111. The van der Waals surface area contributed by atoms with Gasteiger partial charge in [-0.25, -0.2) is 9.59 Å². The van der Waals surface area contributed by atoms with Crippen LogP contribution in [0.5, 0.6) is 5.75 Å². The lowest BCUT2D eigenvalue weighted by Gasteiger charge is -2.14. The molecule has 0 saturated carbocycles. The maximum Gasteiger partial charge on any atom is 0.418 e. The quantitative estimate of drug-likeness (QED) is 0.589. The first-order valence-corrected chi connectivity index (χ1v) is 7.91. The minimum absolute atomic E-state index is 0.00345. The van der Waals surface area contributed by atoms with Gasteiger partial charge in [0.25, 0.3) is 0 Å². The van der Waals surface area contributed by atoms with Crippen molar-refractivity contribution in [1.29, 1.82) is 0 Å². The Balaban J connectivity index is 1.85. The topological polar surface area (TPSA) is 68.5 Å². The summed E-state index contributed by atoms with van der Waals surface area (Å²) >= 11 is 5.59. The number of hydrogen-bond donors (Lipinski definition) is 1. The molecule has 2 aromatic carbocycles. The molecule has 1 heterocycles. The fourth-order valence-corrected chi connectivity index (χ4v) is 2.64. The van der Waals surface area contributed by atoms with E-state index >= 15 is 0 Å². The average Bonchev–Trinajstić information content (AvgIpc) is 2.55. The predicted molar refractivity (Wildman–Crippen MR) is 93.3 cm³/mol. The van der Waals surface area contributed by atoms with Crippen molar-refractivity contribution < 1.29 is 27.1 Å². The van der Waals surface area contributed by atoms with Crippen molar-refractivity contribution in [2.45, 2.75) is 13.1 Å².